The Kier molecular flexibility index (Phi) is 3.75. The van der Waals surface area contributed by atoms with Crippen molar-refractivity contribution in [3.8, 4) is 6.07 Å². The molecule has 6 heteroatoms. The predicted octanol–water partition coefficient (Wildman–Crippen LogP) is 1.77. The maximum atomic E-state index is 12.3. The van der Waals surface area contributed by atoms with Crippen LogP contribution in [0.5, 0.6) is 0 Å². The highest BCUT2D eigenvalue weighted by atomic mass is 16.2. The first-order chi connectivity index (χ1) is 12.1. The number of pyridine rings is 1. The molecule has 3 aliphatic rings. The van der Waals surface area contributed by atoms with E-state index in [4.69, 9.17) is 0 Å². The predicted molar refractivity (Wildman–Crippen MR) is 90.6 cm³/mol. The second-order valence-corrected chi connectivity index (χ2v) is 7.69. The number of aromatic nitrogens is 1. The number of nitrogens with zero attached hydrogens (tertiary/aromatic N) is 3. The van der Waals surface area contributed by atoms with Gasteiger partial charge in [0.25, 0.3) is 5.91 Å². The van der Waals surface area contributed by atoms with Crippen LogP contribution in [0.25, 0.3) is 0 Å². The number of amides is 2. The number of hydrogen-bond acceptors (Lipinski definition) is 4. The Morgan fingerprint density at radius 1 is 1.16 bits per heavy atom. The molecule has 1 aromatic heterocycles. The highest BCUT2D eigenvalue weighted by molar-refractivity contribution is 5.96. The van der Waals surface area contributed by atoms with Gasteiger partial charge in [0.2, 0.25) is 5.91 Å². The van der Waals surface area contributed by atoms with E-state index in [2.05, 4.69) is 16.4 Å². The van der Waals surface area contributed by atoms with Crippen molar-refractivity contribution in [2.45, 2.75) is 43.9 Å². The van der Waals surface area contributed by atoms with Crippen molar-refractivity contribution in [1.82, 2.24) is 15.2 Å². The average Bonchev–Trinajstić information content (AvgIpc) is 3.57. The maximum absolute atomic E-state index is 12.3. The summed E-state index contributed by atoms with van der Waals surface area (Å²) in [5.41, 5.74) is 1.24. The Bertz CT molecular complexity index is 732. The highest BCUT2D eigenvalue weighted by Gasteiger charge is 2.46. The molecule has 0 bridgehead atoms. The van der Waals surface area contributed by atoms with Crippen molar-refractivity contribution in [1.29, 1.82) is 5.26 Å². The van der Waals surface area contributed by atoms with Crippen molar-refractivity contribution in [3.05, 3.63) is 29.6 Å². The molecule has 2 aliphatic carbocycles. The van der Waals surface area contributed by atoms with E-state index in [1.54, 1.807) is 12.1 Å². The third-order valence-electron chi connectivity index (χ3n) is 6.01. The SMILES string of the molecule is N#CC1(c2ccc(C(=O)NCC(=O)N3CCC4(CC3)CC4)cn2)CC1. The average molecular weight is 338 g/mol. The number of nitrogens with one attached hydrogen (secondary N) is 1. The molecule has 0 radical (unpaired) electrons. The zero-order chi connectivity index (χ0) is 17.5. The van der Waals surface area contributed by atoms with Crippen LogP contribution in [0.4, 0.5) is 0 Å². The van der Waals surface area contributed by atoms with Crippen LogP contribution in [-0.4, -0.2) is 41.3 Å². The van der Waals surface area contributed by atoms with E-state index in [9.17, 15) is 14.9 Å². The van der Waals surface area contributed by atoms with Crippen molar-refractivity contribution in [3.63, 3.8) is 0 Å². The Balaban J connectivity index is 1.28. The number of nitriles is 1. The fourth-order valence-corrected chi connectivity index (χ4v) is 3.64. The third kappa shape index (κ3) is 3.11. The van der Waals surface area contributed by atoms with Crippen molar-refractivity contribution >= 4 is 11.8 Å². The van der Waals surface area contributed by atoms with Crippen LogP contribution in [0.15, 0.2) is 18.3 Å². The van der Waals surface area contributed by atoms with Gasteiger partial charge in [0.15, 0.2) is 0 Å². The summed E-state index contributed by atoms with van der Waals surface area (Å²) in [7, 11) is 0. The molecule has 1 aliphatic heterocycles. The summed E-state index contributed by atoms with van der Waals surface area (Å²) in [6.45, 7) is 1.64. The van der Waals surface area contributed by atoms with Crippen LogP contribution < -0.4 is 5.32 Å². The summed E-state index contributed by atoms with van der Waals surface area (Å²) in [4.78, 5) is 30.6. The van der Waals surface area contributed by atoms with Crippen LogP contribution in [0.2, 0.25) is 0 Å². The number of likely N-dealkylation sites (tertiary alicyclic amines) is 1. The smallest absolute Gasteiger partial charge is 0.253 e. The normalized spacial score (nSPS) is 22.1. The van der Waals surface area contributed by atoms with Gasteiger partial charge < -0.3 is 10.2 Å². The first kappa shape index (κ1) is 16.1. The van der Waals surface area contributed by atoms with E-state index in [0.29, 0.717) is 11.0 Å². The van der Waals surface area contributed by atoms with Gasteiger partial charge in [-0.1, -0.05) is 0 Å². The summed E-state index contributed by atoms with van der Waals surface area (Å²) in [6.07, 6.45) is 7.95. The molecule has 1 saturated heterocycles. The monoisotopic (exact) mass is 338 g/mol. The van der Waals surface area contributed by atoms with Crippen LogP contribution in [0.1, 0.15) is 54.6 Å². The van der Waals surface area contributed by atoms with Crippen LogP contribution >= 0.6 is 0 Å². The molecule has 4 rings (SSSR count). The van der Waals surface area contributed by atoms with Gasteiger partial charge in [0.05, 0.1) is 29.3 Å². The molecule has 2 heterocycles. The maximum Gasteiger partial charge on any atom is 0.253 e. The van der Waals surface area contributed by atoms with E-state index in [1.165, 1.54) is 19.0 Å². The number of hydrogen-bond donors (Lipinski definition) is 1. The molecule has 2 amide bonds. The fourth-order valence-electron chi connectivity index (χ4n) is 3.64. The lowest BCUT2D eigenvalue weighted by Crippen LogP contribution is -2.44. The minimum absolute atomic E-state index is 0.0187. The van der Waals surface area contributed by atoms with Crippen molar-refractivity contribution in [2.24, 2.45) is 5.41 Å². The van der Waals surface area contributed by atoms with Crippen molar-refractivity contribution in [2.75, 3.05) is 19.6 Å². The molecule has 130 valence electrons. The van der Waals surface area contributed by atoms with E-state index < -0.39 is 5.41 Å². The van der Waals surface area contributed by atoms with E-state index in [0.717, 1.165) is 44.5 Å². The summed E-state index contributed by atoms with van der Waals surface area (Å²) >= 11 is 0. The first-order valence-electron chi connectivity index (χ1n) is 9.00. The first-order valence-corrected chi connectivity index (χ1v) is 9.00. The summed E-state index contributed by atoms with van der Waals surface area (Å²) < 4.78 is 0. The van der Waals surface area contributed by atoms with Gasteiger partial charge in [-0.15, -0.1) is 0 Å². The number of carbonyl (C=O) groups excluding carboxylic acids is 2. The van der Waals surface area contributed by atoms with Gasteiger partial charge in [0.1, 0.15) is 0 Å². The summed E-state index contributed by atoms with van der Waals surface area (Å²) in [6, 6.07) is 5.71. The Hall–Kier alpha value is -2.42. The molecular weight excluding hydrogens is 316 g/mol. The Labute approximate surface area is 147 Å². The zero-order valence-electron chi connectivity index (χ0n) is 14.3. The largest absolute Gasteiger partial charge is 0.343 e. The molecule has 1 spiro atoms. The van der Waals surface area contributed by atoms with Gasteiger partial charge in [-0.05, 0) is 56.1 Å². The minimum Gasteiger partial charge on any atom is -0.343 e. The van der Waals surface area contributed by atoms with Crippen molar-refractivity contribution < 1.29 is 9.59 Å². The van der Waals surface area contributed by atoms with Crippen LogP contribution in [-0.2, 0) is 10.2 Å². The molecule has 0 atom stereocenters. The molecule has 0 aromatic carbocycles. The molecule has 1 aromatic rings. The fraction of sp³-hybridized carbons (Fsp3) is 0.579. The second-order valence-electron chi connectivity index (χ2n) is 7.69. The van der Waals surface area contributed by atoms with E-state index in [1.807, 2.05) is 4.90 Å². The number of rotatable bonds is 4. The minimum atomic E-state index is -0.446. The summed E-state index contributed by atoms with van der Waals surface area (Å²) in [5, 5.41) is 11.9. The lowest BCUT2D eigenvalue weighted by Gasteiger charge is -2.32. The van der Waals surface area contributed by atoms with E-state index >= 15 is 0 Å². The van der Waals surface area contributed by atoms with Gasteiger partial charge in [-0.25, -0.2) is 0 Å². The van der Waals surface area contributed by atoms with Gasteiger partial charge in [0, 0.05) is 19.3 Å². The highest BCUT2D eigenvalue weighted by Crippen LogP contribution is 2.53. The molecule has 25 heavy (non-hydrogen) atoms. The molecule has 1 N–H and O–H groups in total. The van der Waals surface area contributed by atoms with E-state index in [-0.39, 0.29) is 18.4 Å². The molecule has 2 saturated carbocycles. The molecule has 3 fully saturated rings. The topological polar surface area (TPSA) is 86.1 Å². The molecular formula is C19H22N4O2. The Morgan fingerprint density at radius 2 is 1.88 bits per heavy atom. The number of piperidine rings is 1. The van der Waals surface area contributed by atoms with Gasteiger partial charge >= 0.3 is 0 Å². The quantitative estimate of drug-likeness (QED) is 0.906. The third-order valence-corrected chi connectivity index (χ3v) is 6.01. The zero-order valence-corrected chi connectivity index (χ0v) is 14.3. The van der Waals surface area contributed by atoms with Gasteiger partial charge in [-0.2, -0.15) is 5.26 Å². The van der Waals surface area contributed by atoms with Gasteiger partial charge in [-0.3, -0.25) is 14.6 Å². The molecule has 0 unspecified atom stereocenters. The number of carbonyl (C=O) groups is 2. The standard InChI is InChI=1S/C19H22N4O2/c20-13-19(5-6-19)15-2-1-14(11-21-15)17(25)22-12-16(24)23-9-7-18(3-4-18)8-10-23/h1-2,11H,3-10,12H2,(H,22,25). The lowest BCUT2D eigenvalue weighted by atomic mass is 9.94. The Morgan fingerprint density at radius 3 is 2.40 bits per heavy atom. The summed E-state index contributed by atoms with van der Waals surface area (Å²) in [5.74, 6) is -0.320. The molecule has 6 nitrogen and oxygen atoms in total. The van der Waals surface area contributed by atoms with Crippen LogP contribution in [0.3, 0.4) is 0 Å². The van der Waals surface area contributed by atoms with Crippen LogP contribution in [0, 0.1) is 16.7 Å². The second kappa shape index (κ2) is 5.83. The lowest BCUT2D eigenvalue weighted by molar-refractivity contribution is -0.131.